The van der Waals surface area contributed by atoms with Crippen LogP contribution in [0.1, 0.15) is 18.4 Å². The number of hydrogen-bond acceptors (Lipinski definition) is 3. The molecule has 0 spiro atoms. The monoisotopic (exact) mass is 261 g/mol. The van der Waals surface area contributed by atoms with Gasteiger partial charge in [-0.2, -0.15) is 0 Å². The SMILES string of the molecule is CN1CCN(c2ccccc2CCCCN)CC1=O. The fourth-order valence-corrected chi connectivity index (χ4v) is 2.45. The number of anilines is 1. The van der Waals surface area contributed by atoms with Gasteiger partial charge in [0.15, 0.2) is 0 Å². The highest BCUT2D eigenvalue weighted by atomic mass is 16.2. The van der Waals surface area contributed by atoms with E-state index in [9.17, 15) is 4.79 Å². The largest absolute Gasteiger partial charge is 0.360 e. The zero-order chi connectivity index (χ0) is 13.7. The Balaban J connectivity index is 2.08. The van der Waals surface area contributed by atoms with Gasteiger partial charge in [-0.3, -0.25) is 4.79 Å². The van der Waals surface area contributed by atoms with E-state index >= 15 is 0 Å². The number of carbonyl (C=O) groups excluding carboxylic acids is 1. The van der Waals surface area contributed by atoms with Crippen molar-refractivity contribution in [1.82, 2.24) is 4.90 Å². The highest BCUT2D eigenvalue weighted by molar-refractivity contribution is 5.82. The number of rotatable bonds is 5. The highest BCUT2D eigenvalue weighted by Crippen LogP contribution is 2.23. The number of piperazine rings is 1. The average Bonchev–Trinajstić information content (AvgIpc) is 2.43. The summed E-state index contributed by atoms with van der Waals surface area (Å²) in [4.78, 5) is 15.8. The van der Waals surface area contributed by atoms with E-state index in [1.54, 1.807) is 4.90 Å². The lowest BCUT2D eigenvalue weighted by Crippen LogP contribution is -2.48. The third kappa shape index (κ3) is 3.47. The first-order valence-corrected chi connectivity index (χ1v) is 6.99. The van der Waals surface area contributed by atoms with Crippen molar-refractivity contribution >= 4 is 11.6 Å². The van der Waals surface area contributed by atoms with Crippen LogP contribution in [0.25, 0.3) is 0 Å². The standard InChI is InChI=1S/C15H23N3O/c1-17-10-11-18(12-15(17)19)14-8-3-2-6-13(14)7-4-5-9-16/h2-3,6,8H,4-5,7,9-12,16H2,1H3. The number of unbranched alkanes of at least 4 members (excludes halogenated alkanes) is 1. The van der Waals surface area contributed by atoms with Crippen LogP contribution in [-0.2, 0) is 11.2 Å². The number of nitrogens with zero attached hydrogens (tertiary/aromatic N) is 2. The van der Waals surface area contributed by atoms with Crippen LogP contribution in [-0.4, -0.2) is 44.0 Å². The summed E-state index contributed by atoms with van der Waals surface area (Å²) in [6.45, 7) is 2.95. The number of para-hydroxylation sites is 1. The molecule has 1 saturated heterocycles. The zero-order valence-corrected chi connectivity index (χ0v) is 11.6. The van der Waals surface area contributed by atoms with Crippen LogP contribution >= 0.6 is 0 Å². The molecule has 1 aliphatic rings. The van der Waals surface area contributed by atoms with Crippen LogP contribution in [0.3, 0.4) is 0 Å². The Morgan fingerprint density at radius 3 is 2.74 bits per heavy atom. The molecule has 4 nitrogen and oxygen atoms in total. The quantitative estimate of drug-likeness (QED) is 0.812. The van der Waals surface area contributed by atoms with Crippen molar-refractivity contribution < 1.29 is 4.79 Å². The Bertz CT molecular complexity index is 433. The van der Waals surface area contributed by atoms with Crippen molar-refractivity contribution in [3.63, 3.8) is 0 Å². The first-order chi connectivity index (χ1) is 9.22. The second kappa shape index (κ2) is 6.57. The Morgan fingerprint density at radius 1 is 1.21 bits per heavy atom. The van der Waals surface area contributed by atoms with Crippen molar-refractivity contribution in [2.45, 2.75) is 19.3 Å². The fourth-order valence-electron chi connectivity index (χ4n) is 2.45. The van der Waals surface area contributed by atoms with E-state index in [1.807, 2.05) is 13.1 Å². The van der Waals surface area contributed by atoms with Gasteiger partial charge in [0.05, 0.1) is 6.54 Å². The first kappa shape index (κ1) is 13.9. The van der Waals surface area contributed by atoms with Gasteiger partial charge < -0.3 is 15.5 Å². The molecule has 4 heteroatoms. The van der Waals surface area contributed by atoms with E-state index < -0.39 is 0 Å². The summed E-state index contributed by atoms with van der Waals surface area (Å²) in [5.41, 5.74) is 8.08. The van der Waals surface area contributed by atoms with Crippen molar-refractivity contribution in [2.75, 3.05) is 38.1 Å². The number of carbonyl (C=O) groups is 1. The van der Waals surface area contributed by atoms with Gasteiger partial charge in [0.2, 0.25) is 5.91 Å². The van der Waals surface area contributed by atoms with Gasteiger partial charge in [-0.1, -0.05) is 18.2 Å². The Hall–Kier alpha value is -1.55. The number of likely N-dealkylation sites (N-methyl/N-ethyl adjacent to an activating group) is 1. The van der Waals surface area contributed by atoms with Crippen molar-refractivity contribution in [2.24, 2.45) is 5.73 Å². The minimum Gasteiger partial charge on any atom is -0.360 e. The topological polar surface area (TPSA) is 49.6 Å². The van der Waals surface area contributed by atoms with Crippen LogP contribution in [0.5, 0.6) is 0 Å². The summed E-state index contributed by atoms with van der Waals surface area (Å²) in [5, 5.41) is 0. The number of hydrogen-bond donors (Lipinski definition) is 1. The lowest BCUT2D eigenvalue weighted by atomic mass is 10.0. The Labute approximate surface area is 115 Å². The van der Waals surface area contributed by atoms with Crippen LogP contribution in [0.4, 0.5) is 5.69 Å². The Kier molecular flexibility index (Phi) is 4.80. The number of nitrogens with two attached hydrogens (primary N) is 1. The minimum absolute atomic E-state index is 0.197. The molecular formula is C15H23N3O. The molecule has 0 aliphatic carbocycles. The molecule has 1 aliphatic heterocycles. The van der Waals surface area contributed by atoms with Crippen LogP contribution < -0.4 is 10.6 Å². The molecule has 0 saturated carbocycles. The molecule has 2 rings (SSSR count). The van der Waals surface area contributed by atoms with Gasteiger partial charge in [-0.05, 0) is 37.4 Å². The van der Waals surface area contributed by atoms with Gasteiger partial charge in [0.25, 0.3) is 0 Å². The normalized spacial score (nSPS) is 16.0. The molecule has 0 atom stereocenters. The highest BCUT2D eigenvalue weighted by Gasteiger charge is 2.22. The van der Waals surface area contributed by atoms with Gasteiger partial charge in [-0.25, -0.2) is 0 Å². The van der Waals surface area contributed by atoms with Crippen molar-refractivity contribution in [3.05, 3.63) is 29.8 Å². The molecule has 1 fully saturated rings. The van der Waals surface area contributed by atoms with E-state index in [1.165, 1.54) is 11.3 Å². The van der Waals surface area contributed by atoms with E-state index in [2.05, 4.69) is 23.1 Å². The molecule has 19 heavy (non-hydrogen) atoms. The van der Waals surface area contributed by atoms with Gasteiger partial charge >= 0.3 is 0 Å². The molecular weight excluding hydrogens is 238 g/mol. The number of amides is 1. The molecule has 2 N–H and O–H groups in total. The third-order valence-corrected chi connectivity index (χ3v) is 3.69. The Morgan fingerprint density at radius 2 is 2.00 bits per heavy atom. The van der Waals surface area contributed by atoms with Crippen molar-refractivity contribution in [1.29, 1.82) is 0 Å². The average molecular weight is 261 g/mol. The maximum Gasteiger partial charge on any atom is 0.241 e. The maximum atomic E-state index is 11.8. The molecule has 0 unspecified atom stereocenters. The third-order valence-electron chi connectivity index (χ3n) is 3.69. The van der Waals surface area contributed by atoms with Gasteiger partial charge in [0, 0.05) is 25.8 Å². The van der Waals surface area contributed by atoms with E-state index in [4.69, 9.17) is 5.73 Å². The van der Waals surface area contributed by atoms with Crippen LogP contribution in [0.15, 0.2) is 24.3 Å². The first-order valence-electron chi connectivity index (χ1n) is 6.99. The van der Waals surface area contributed by atoms with E-state index in [0.717, 1.165) is 38.9 Å². The van der Waals surface area contributed by atoms with E-state index in [0.29, 0.717) is 6.54 Å². The zero-order valence-electron chi connectivity index (χ0n) is 11.6. The second-order valence-electron chi connectivity index (χ2n) is 5.11. The molecule has 0 radical (unpaired) electrons. The summed E-state index contributed by atoms with van der Waals surface area (Å²) >= 11 is 0. The molecule has 1 aromatic rings. The summed E-state index contributed by atoms with van der Waals surface area (Å²) in [6.07, 6.45) is 3.19. The number of aryl methyl sites for hydroxylation is 1. The molecule has 1 amide bonds. The summed E-state index contributed by atoms with van der Waals surface area (Å²) < 4.78 is 0. The summed E-state index contributed by atoms with van der Waals surface area (Å²) in [6, 6.07) is 8.40. The predicted molar refractivity (Wildman–Crippen MR) is 78.3 cm³/mol. The maximum absolute atomic E-state index is 11.8. The smallest absolute Gasteiger partial charge is 0.241 e. The van der Waals surface area contributed by atoms with Crippen molar-refractivity contribution in [3.8, 4) is 0 Å². The molecule has 1 aromatic carbocycles. The molecule has 104 valence electrons. The lowest BCUT2D eigenvalue weighted by Gasteiger charge is -2.34. The van der Waals surface area contributed by atoms with Gasteiger partial charge in [-0.15, -0.1) is 0 Å². The van der Waals surface area contributed by atoms with Gasteiger partial charge in [0.1, 0.15) is 0 Å². The predicted octanol–water partition coefficient (Wildman–Crippen LogP) is 1.25. The fraction of sp³-hybridized carbons (Fsp3) is 0.533. The minimum atomic E-state index is 0.197. The summed E-state index contributed by atoms with van der Waals surface area (Å²) in [5.74, 6) is 0.197. The second-order valence-corrected chi connectivity index (χ2v) is 5.11. The lowest BCUT2D eigenvalue weighted by molar-refractivity contribution is -0.129. The van der Waals surface area contributed by atoms with Crippen LogP contribution in [0.2, 0.25) is 0 Å². The molecule has 1 heterocycles. The molecule has 0 aromatic heterocycles. The molecule has 0 bridgehead atoms. The number of benzene rings is 1. The van der Waals surface area contributed by atoms with Crippen LogP contribution in [0, 0.1) is 0 Å². The summed E-state index contributed by atoms with van der Waals surface area (Å²) in [7, 11) is 1.87. The van der Waals surface area contributed by atoms with E-state index in [-0.39, 0.29) is 5.91 Å².